The van der Waals surface area contributed by atoms with Crippen LogP contribution in [0, 0.1) is 6.92 Å². The van der Waals surface area contributed by atoms with Gasteiger partial charge in [0.2, 0.25) is 0 Å². The maximum atomic E-state index is 2.50. The second-order valence-corrected chi connectivity index (χ2v) is 37.4. The van der Waals surface area contributed by atoms with Crippen molar-refractivity contribution in [1.29, 1.82) is 0 Å². The second kappa shape index (κ2) is 32.3. The number of nitrogens with zero attached hydrogens (tertiary/aromatic N) is 4. The minimum absolute atomic E-state index is 0.250. The average molecular weight is 1720 g/mol. The lowest BCUT2D eigenvalue weighted by molar-refractivity contribution is 0.660. The van der Waals surface area contributed by atoms with Crippen molar-refractivity contribution in [2.75, 3.05) is 9.80 Å². The highest BCUT2D eigenvalue weighted by Crippen LogP contribution is 2.57. The van der Waals surface area contributed by atoms with E-state index >= 15 is 0 Å². The average Bonchev–Trinajstić information content (AvgIpc) is 1.70. The Morgan fingerprint density at radius 3 is 0.874 bits per heavy atom. The minimum atomic E-state index is -0.251. The van der Waals surface area contributed by atoms with Crippen molar-refractivity contribution in [2.24, 2.45) is 0 Å². The highest BCUT2D eigenvalue weighted by Gasteiger charge is 2.39. The van der Waals surface area contributed by atoms with Crippen LogP contribution in [0.25, 0.3) is 187 Å². The number of fused-ring (bicyclic) bond motifs is 16. The summed E-state index contributed by atoms with van der Waals surface area (Å²) in [5, 5.41) is 15.2. The van der Waals surface area contributed by atoms with Crippen LogP contribution in [0.1, 0.15) is 55.5 Å². The Bertz CT molecular complexity index is 8680. The third-order valence-electron chi connectivity index (χ3n) is 29.0. The van der Waals surface area contributed by atoms with Crippen LogP contribution in [0.2, 0.25) is 0 Å². The first-order valence-electron chi connectivity index (χ1n) is 47.1. The zero-order chi connectivity index (χ0) is 90.2. The SMILES string of the molecule is CC1(C)c2cc(-c3c4ccccc4c(-c4ccccc4-c4ccccc4)c4ccccc34)ccc2-c2ccc(N(c3ccccc3)c3ccc(-n4c5ccccc5c5ccccc54)cc3)cc21.Cc1ccc2c(-c3cccc(-c4ccccc4)c3)c3ccccc3c(-c3ccc4c(c3)C(C)(C)c3cc(N(c5ccccc5)c5ccc(-n6c7ccccc7c7ccccc76)cc5)ccc3-4)c2c1. The number of anilines is 6. The fraction of sp³-hybridized carbons (Fsp3) is 0.0534. The number of para-hydroxylation sites is 6. The molecule has 0 atom stereocenters. The molecule has 638 valence electrons. The molecule has 2 heterocycles. The zero-order valence-electron chi connectivity index (χ0n) is 75.9. The molecule has 0 N–H and O–H groups in total. The second-order valence-electron chi connectivity index (χ2n) is 37.4. The number of benzene rings is 22. The van der Waals surface area contributed by atoms with Crippen LogP contribution in [0.15, 0.2) is 479 Å². The van der Waals surface area contributed by atoms with Gasteiger partial charge in [0.1, 0.15) is 0 Å². The summed E-state index contributed by atoms with van der Waals surface area (Å²) in [7, 11) is 0. The van der Waals surface area contributed by atoms with Crippen LogP contribution >= 0.6 is 0 Å². The fourth-order valence-electron chi connectivity index (χ4n) is 22.7. The van der Waals surface area contributed by atoms with Gasteiger partial charge in [-0.25, -0.2) is 0 Å². The van der Waals surface area contributed by atoms with Gasteiger partial charge in [0.05, 0.1) is 22.1 Å². The molecule has 2 aliphatic rings. The Kier molecular flexibility index (Phi) is 19.2. The molecule has 0 aliphatic heterocycles. The first-order valence-corrected chi connectivity index (χ1v) is 47.1. The van der Waals surface area contributed by atoms with Crippen LogP contribution in [-0.2, 0) is 10.8 Å². The van der Waals surface area contributed by atoms with E-state index in [-0.39, 0.29) is 10.8 Å². The topological polar surface area (TPSA) is 16.3 Å². The van der Waals surface area contributed by atoms with Crippen molar-refractivity contribution in [1.82, 2.24) is 9.13 Å². The number of aromatic nitrogens is 2. The predicted molar refractivity (Wildman–Crippen MR) is 573 cm³/mol. The van der Waals surface area contributed by atoms with E-state index in [2.05, 4.69) is 533 Å². The number of aryl methyl sites for hydroxylation is 1. The third kappa shape index (κ3) is 13.3. The van der Waals surface area contributed by atoms with Crippen molar-refractivity contribution in [2.45, 2.75) is 45.4 Å². The summed E-state index contributed by atoms with van der Waals surface area (Å²) >= 11 is 0. The van der Waals surface area contributed by atoms with Crippen molar-refractivity contribution in [3.8, 4) is 100 Å². The van der Waals surface area contributed by atoms with Gasteiger partial charge in [-0.2, -0.15) is 0 Å². The molecule has 4 heteroatoms. The lowest BCUT2D eigenvalue weighted by atomic mass is 9.80. The zero-order valence-corrected chi connectivity index (χ0v) is 75.9. The van der Waals surface area contributed by atoms with E-state index in [0.29, 0.717) is 0 Å². The summed E-state index contributed by atoms with van der Waals surface area (Å²) in [6.45, 7) is 11.8. The molecular weight excluding hydrogens is 1630 g/mol. The molecule has 22 aromatic carbocycles. The molecule has 135 heavy (non-hydrogen) atoms. The summed E-state index contributed by atoms with van der Waals surface area (Å²) in [5.74, 6) is 0. The number of hydrogen-bond donors (Lipinski definition) is 0. The fourth-order valence-corrected chi connectivity index (χ4v) is 22.7. The van der Waals surface area contributed by atoms with E-state index in [1.807, 2.05) is 0 Å². The van der Waals surface area contributed by atoms with Crippen LogP contribution in [0.5, 0.6) is 0 Å². The van der Waals surface area contributed by atoms with Gasteiger partial charge in [-0.15, -0.1) is 0 Å². The largest absolute Gasteiger partial charge is 0.310 e. The normalized spacial score (nSPS) is 12.7. The first-order chi connectivity index (χ1) is 66.4. The van der Waals surface area contributed by atoms with Crippen LogP contribution in [0.3, 0.4) is 0 Å². The van der Waals surface area contributed by atoms with E-state index in [1.54, 1.807) is 0 Å². The highest BCUT2D eigenvalue weighted by molar-refractivity contribution is 6.24. The van der Waals surface area contributed by atoms with Gasteiger partial charge in [0.25, 0.3) is 0 Å². The van der Waals surface area contributed by atoms with E-state index in [0.717, 1.165) is 45.5 Å². The first kappa shape index (κ1) is 80.2. The molecule has 26 rings (SSSR count). The molecule has 0 amide bonds. The van der Waals surface area contributed by atoms with E-state index in [1.165, 1.54) is 204 Å². The summed E-state index contributed by atoms with van der Waals surface area (Å²) in [6.07, 6.45) is 0. The minimum Gasteiger partial charge on any atom is -0.310 e. The summed E-state index contributed by atoms with van der Waals surface area (Å²) in [5.41, 5.74) is 40.2. The van der Waals surface area contributed by atoms with Crippen molar-refractivity contribution >= 4 is 121 Å². The molecule has 0 spiro atoms. The molecule has 0 fully saturated rings. The van der Waals surface area contributed by atoms with Gasteiger partial charge in [0.15, 0.2) is 0 Å². The maximum Gasteiger partial charge on any atom is 0.0541 e. The van der Waals surface area contributed by atoms with Gasteiger partial charge >= 0.3 is 0 Å². The highest BCUT2D eigenvalue weighted by atomic mass is 15.2. The monoisotopic (exact) mass is 1720 g/mol. The Labute approximate surface area is 787 Å². The number of hydrogen-bond acceptors (Lipinski definition) is 2. The molecule has 4 nitrogen and oxygen atoms in total. The third-order valence-corrected chi connectivity index (χ3v) is 29.0. The molecule has 2 aliphatic carbocycles. The Morgan fingerprint density at radius 2 is 0.459 bits per heavy atom. The van der Waals surface area contributed by atoms with Crippen LogP contribution in [-0.4, -0.2) is 9.13 Å². The predicted octanol–water partition coefficient (Wildman–Crippen LogP) is 36.0. The van der Waals surface area contributed by atoms with Crippen molar-refractivity contribution < 1.29 is 0 Å². The molecular formula is C131H94N4. The standard InChI is InChI=1S/C66H48N2.C65H46N2/c1-43-29-36-58-59(39-43)65(57-26-11-10-25-56(57)64(58)46-20-16-19-45(40-46)44-17-6-4-7-18-44)47-30-37-52-53-38-35-51(42-61(53)66(2,3)60(52)41-47)67(48-21-8-5-9-22-48)49-31-33-50(34-32-49)68-62-27-14-12-23-54(62)55-24-13-15-28-63(55)68;1-65(2)59-41-44(63-55-27-11-13-29-57(55)64(58-30-14-12-28-56(58)63)54-26-10-9-23-49(54)43-19-5-3-6-20-43)33-39-50(59)51-40-38-48(42-60(51)65)66(45-21-7-4-8-22-45)46-34-36-47(37-35-46)67-61-31-17-15-24-52(61)53-25-16-18-32-62(53)67/h4-42H,1-3H3;3-42H,1-2H3. The van der Waals surface area contributed by atoms with Gasteiger partial charge < -0.3 is 18.9 Å². The molecule has 24 aromatic rings. The number of rotatable bonds is 14. The Hall–Kier alpha value is -16.9. The van der Waals surface area contributed by atoms with Gasteiger partial charge in [0, 0.05) is 77.9 Å². The van der Waals surface area contributed by atoms with Crippen molar-refractivity contribution in [3.05, 3.63) is 507 Å². The molecule has 0 unspecified atom stereocenters. The van der Waals surface area contributed by atoms with E-state index in [4.69, 9.17) is 0 Å². The Morgan fingerprint density at radius 1 is 0.170 bits per heavy atom. The summed E-state index contributed by atoms with van der Waals surface area (Å²) < 4.78 is 4.77. The van der Waals surface area contributed by atoms with Crippen LogP contribution in [0.4, 0.5) is 34.1 Å². The molecule has 0 radical (unpaired) electrons. The molecule has 2 aromatic heterocycles. The quantitative estimate of drug-likeness (QED) is 0.101. The summed E-state index contributed by atoms with van der Waals surface area (Å²) in [6, 6.07) is 177. The lowest BCUT2D eigenvalue weighted by Gasteiger charge is -2.28. The van der Waals surface area contributed by atoms with Crippen molar-refractivity contribution in [3.63, 3.8) is 0 Å². The smallest absolute Gasteiger partial charge is 0.0541 e. The van der Waals surface area contributed by atoms with Crippen LogP contribution < -0.4 is 9.80 Å². The van der Waals surface area contributed by atoms with Gasteiger partial charge in [-0.1, -0.05) is 373 Å². The maximum absolute atomic E-state index is 2.50. The lowest BCUT2D eigenvalue weighted by Crippen LogP contribution is -2.16. The molecule has 0 saturated heterocycles. The van der Waals surface area contributed by atoms with Gasteiger partial charge in [-0.3, -0.25) is 0 Å². The van der Waals surface area contributed by atoms with E-state index < -0.39 is 0 Å². The van der Waals surface area contributed by atoms with E-state index in [9.17, 15) is 0 Å². The molecule has 0 saturated carbocycles. The Balaban J connectivity index is 0.000000144. The van der Waals surface area contributed by atoms with Gasteiger partial charge in [-0.05, 0) is 301 Å². The summed E-state index contributed by atoms with van der Waals surface area (Å²) in [4.78, 5) is 4.80. The molecule has 0 bridgehead atoms.